The molecule has 0 saturated heterocycles. The quantitative estimate of drug-likeness (QED) is 0.436. The van der Waals surface area contributed by atoms with E-state index in [1.54, 1.807) is 16.2 Å². The van der Waals surface area contributed by atoms with Gasteiger partial charge < -0.3 is 9.64 Å². The highest BCUT2D eigenvalue weighted by atomic mass is 32.1. The van der Waals surface area contributed by atoms with E-state index in [9.17, 15) is 4.79 Å². The van der Waals surface area contributed by atoms with Gasteiger partial charge in [0.15, 0.2) is 5.13 Å². The number of amides is 1. The van der Waals surface area contributed by atoms with Crippen LogP contribution in [0.2, 0.25) is 0 Å². The molecule has 0 aliphatic carbocycles. The molecule has 5 nitrogen and oxygen atoms in total. The van der Waals surface area contributed by atoms with Crippen molar-refractivity contribution in [3.05, 3.63) is 53.1 Å². The molecule has 1 amide bonds. The summed E-state index contributed by atoms with van der Waals surface area (Å²) in [5.41, 5.74) is 4.01. The van der Waals surface area contributed by atoms with Crippen LogP contribution in [0.4, 0.5) is 5.13 Å². The second-order valence-corrected chi connectivity index (χ2v) is 8.90. The minimum Gasteiger partial charge on any atom is -0.494 e. The third-order valence-electron chi connectivity index (χ3n) is 5.09. The van der Waals surface area contributed by atoms with Gasteiger partial charge in [0, 0.05) is 18.7 Å². The van der Waals surface area contributed by atoms with Crippen molar-refractivity contribution in [2.75, 3.05) is 38.7 Å². The van der Waals surface area contributed by atoms with E-state index in [1.165, 1.54) is 11.1 Å². The van der Waals surface area contributed by atoms with Crippen molar-refractivity contribution in [1.82, 2.24) is 9.88 Å². The molecule has 0 radical (unpaired) electrons. The van der Waals surface area contributed by atoms with E-state index in [0.717, 1.165) is 40.5 Å². The molecule has 1 aromatic heterocycles. The first-order chi connectivity index (χ1) is 14.4. The molecule has 3 aromatic rings. The van der Waals surface area contributed by atoms with Crippen LogP contribution in [-0.2, 0) is 0 Å². The van der Waals surface area contributed by atoms with Gasteiger partial charge >= 0.3 is 0 Å². The lowest BCUT2D eigenvalue weighted by atomic mass is 10.1. The Balaban J connectivity index is 1.91. The largest absolute Gasteiger partial charge is 0.494 e. The van der Waals surface area contributed by atoms with Crippen LogP contribution in [0, 0.1) is 13.8 Å². The lowest BCUT2D eigenvalue weighted by Gasteiger charge is -2.22. The van der Waals surface area contributed by atoms with E-state index in [4.69, 9.17) is 9.72 Å². The number of carbonyl (C=O) groups excluding carboxylic acids is 1. The summed E-state index contributed by atoms with van der Waals surface area (Å²) in [6.07, 6.45) is 2.07. The first kappa shape index (κ1) is 22.2. The summed E-state index contributed by atoms with van der Waals surface area (Å²) in [7, 11) is 4.02. The van der Waals surface area contributed by atoms with Crippen molar-refractivity contribution in [2.45, 2.75) is 33.6 Å². The number of fused-ring (bicyclic) bond motifs is 1. The number of aryl methyl sites for hydroxylation is 2. The van der Waals surface area contributed by atoms with Gasteiger partial charge in [-0.1, -0.05) is 30.7 Å². The van der Waals surface area contributed by atoms with Gasteiger partial charge in [0.05, 0.1) is 16.8 Å². The molecule has 0 aliphatic rings. The summed E-state index contributed by atoms with van der Waals surface area (Å²) in [4.78, 5) is 22.1. The highest BCUT2D eigenvalue weighted by molar-refractivity contribution is 7.22. The molecule has 0 fully saturated rings. The summed E-state index contributed by atoms with van der Waals surface area (Å²) in [6.45, 7) is 8.32. The van der Waals surface area contributed by atoms with E-state index >= 15 is 0 Å². The van der Waals surface area contributed by atoms with Gasteiger partial charge in [-0.15, -0.1) is 0 Å². The number of aromatic nitrogens is 1. The number of anilines is 1. The number of likely N-dealkylation sites (N-methyl/N-ethyl adjacent to an activating group) is 1. The first-order valence-electron chi connectivity index (χ1n) is 10.5. The third-order valence-corrected chi connectivity index (χ3v) is 6.13. The number of unbranched alkanes of at least 4 members (excludes halogenated alkanes) is 1. The number of thiazole rings is 1. The SMILES string of the molecule is CCCCOc1cccc(C(=O)N(CCN(C)C)c2nc3cc(C)c(C)cc3s2)c1. The minimum atomic E-state index is -0.0507. The summed E-state index contributed by atoms with van der Waals surface area (Å²) in [5, 5.41) is 0.735. The van der Waals surface area contributed by atoms with Crippen LogP contribution in [0.5, 0.6) is 5.75 Å². The molecule has 0 aliphatic heterocycles. The molecule has 0 N–H and O–H groups in total. The second-order valence-electron chi connectivity index (χ2n) is 7.89. The molecule has 0 saturated carbocycles. The first-order valence-corrected chi connectivity index (χ1v) is 11.3. The average Bonchev–Trinajstić information content (AvgIpc) is 3.10. The van der Waals surface area contributed by atoms with Crippen molar-refractivity contribution in [3.63, 3.8) is 0 Å². The van der Waals surface area contributed by atoms with Crippen molar-refractivity contribution in [3.8, 4) is 5.75 Å². The number of benzene rings is 2. The standard InChI is InChI=1S/C24H31N3O2S/c1-6-7-13-29-20-10-8-9-19(16-20)23(28)27(12-11-26(4)5)24-25-21-14-17(2)18(3)15-22(21)30-24/h8-10,14-16H,6-7,11-13H2,1-5H3. The lowest BCUT2D eigenvalue weighted by Crippen LogP contribution is -2.36. The Morgan fingerprint density at radius 2 is 1.87 bits per heavy atom. The van der Waals surface area contributed by atoms with Crippen LogP contribution >= 0.6 is 11.3 Å². The Morgan fingerprint density at radius 1 is 1.10 bits per heavy atom. The Kier molecular flexibility index (Phi) is 7.45. The summed E-state index contributed by atoms with van der Waals surface area (Å²) < 4.78 is 6.91. The van der Waals surface area contributed by atoms with Crippen LogP contribution in [0.25, 0.3) is 10.2 Å². The van der Waals surface area contributed by atoms with Gasteiger partial charge in [0.2, 0.25) is 0 Å². The number of rotatable bonds is 9. The zero-order valence-electron chi connectivity index (χ0n) is 18.6. The van der Waals surface area contributed by atoms with Gasteiger partial charge in [0.1, 0.15) is 5.75 Å². The van der Waals surface area contributed by atoms with Crippen molar-refractivity contribution in [1.29, 1.82) is 0 Å². The lowest BCUT2D eigenvalue weighted by molar-refractivity contribution is 0.0984. The van der Waals surface area contributed by atoms with Gasteiger partial charge in [0.25, 0.3) is 5.91 Å². The van der Waals surface area contributed by atoms with Crippen LogP contribution in [0.3, 0.4) is 0 Å². The molecule has 30 heavy (non-hydrogen) atoms. The van der Waals surface area contributed by atoms with E-state index < -0.39 is 0 Å². The molecule has 0 spiro atoms. The third kappa shape index (κ3) is 5.37. The van der Waals surface area contributed by atoms with Crippen molar-refractivity contribution >= 4 is 32.6 Å². The molecule has 160 valence electrons. The topological polar surface area (TPSA) is 45.7 Å². The highest BCUT2D eigenvalue weighted by Crippen LogP contribution is 2.32. The Labute approximate surface area is 183 Å². The fourth-order valence-corrected chi connectivity index (χ4v) is 4.15. The van der Waals surface area contributed by atoms with Crippen LogP contribution < -0.4 is 9.64 Å². The molecule has 2 aromatic carbocycles. The fraction of sp³-hybridized carbons (Fsp3) is 0.417. The monoisotopic (exact) mass is 425 g/mol. The summed E-state index contributed by atoms with van der Waals surface area (Å²) in [5.74, 6) is 0.683. The summed E-state index contributed by atoms with van der Waals surface area (Å²) in [6, 6.07) is 11.7. The Bertz CT molecular complexity index is 974. The van der Waals surface area contributed by atoms with E-state index in [0.29, 0.717) is 18.7 Å². The average molecular weight is 426 g/mol. The van der Waals surface area contributed by atoms with E-state index in [1.807, 2.05) is 38.4 Å². The predicted octanol–water partition coefficient (Wildman–Crippen LogP) is 5.30. The van der Waals surface area contributed by atoms with Crippen LogP contribution in [-0.4, -0.2) is 49.6 Å². The van der Waals surface area contributed by atoms with Crippen LogP contribution in [0.1, 0.15) is 41.3 Å². The number of nitrogens with zero attached hydrogens (tertiary/aromatic N) is 3. The molecule has 0 bridgehead atoms. The van der Waals surface area contributed by atoms with E-state index in [2.05, 4.69) is 37.8 Å². The number of carbonyl (C=O) groups is 1. The van der Waals surface area contributed by atoms with Crippen molar-refractivity contribution < 1.29 is 9.53 Å². The second kappa shape index (κ2) is 10.0. The summed E-state index contributed by atoms with van der Waals surface area (Å²) >= 11 is 1.57. The van der Waals surface area contributed by atoms with Crippen LogP contribution in [0.15, 0.2) is 36.4 Å². The smallest absolute Gasteiger partial charge is 0.260 e. The van der Waals surface area contributed by atoms with Gasteiger partial charge in [-0.25, -0.2) is 4.98 Å². The predicted molar refractivity (Wildman–Crippen MR) is 126 cm³/mol. The normalized spacial score (nSPS) is 11.3. The Hall–Kier alpha value is -2.44. The zero-order chi connectivity index (χ0) is 21.7. The maximum Gasteiger partial charge on any atom is 0.260 e. The maximum atomic E-state index is 13.5. The fourth-order valence-electron chi connectivity index (χ4n) is 3.08. The molecule has 0 unspecified atom stereocenters. The van der Waals surface area contributed by atoms with Gasteiger partial charge in [-0.05, 0) is 75.8 Å². The molecule has 1 heterocycles. The molecule has 0 atom stereocenters. The molecule has 3 rings (SSSR count). The highest BCUT2D eigenvalue weighted by Gasteiger charge is 2.22. The molecule has 6 heteroatoms. The van der Waals surface area contributed by atoms with Gasteiger partial charge in [-0.2, -0.15) is 0 Å². The zero-order valence-corrected chi connectivity index (χ0v) is 19.4. The number of hydrogen-bond acceptors (Lipinski definition) is 5. The number of hydrogen-bond donors (Lipinski definition) is 0. The maximum absolute atomic E-state index is 13.5. The van der Waals surface area contributed by atoms with Gasteiger partial charge in [-0.3, -0.25) is 9.69 Å². The number of ether oxygens (including phenoxy) is 1. The Morgan fingerprint density at radius 3 is 2.60 bits per heavy atom. The van der Waals surface area contributed by atoms with Crippen molar-refractivity contribution in [2.24, 2.45) is 0 Å². The van der Waals surface area contributed by atoms with E-state index in [-0.39, 0.29) is 5.91 Å². The minimum absolute atomic E-state index is 0.0507. The molecular formula is C24H31N3O2S. The molecular weight excluding hydrogens is 394 g/mol.